The van der Waals surface area contributed by atoms with Crippen molar-refractivity contribution in [1.82, 2.24) is 0 Å². The van der Waals surface area contributed by atoms with Crippen LogP contribution in [0.1, 0.15) is 65.2 Å². The molecule has 19 heavy (non-hydrogen) atoms. The first kappa shape index (κ1) is 15.5. The van der Waals surface area contributed by atoms with E-state index in [1.165, 1.54) is 38.5 Å². The zero-order chi connectivity index (χ0) is 13.1. The predicted molar refractivity (Wildman–Crippen MR) is 73.4 cm³/mol. The smallest absolute Gasteiger partial charge is 0.306 e. The molecule has 2 fully saturated rings. The molecule has 1 unspecified atom stereocenters. The number of hydrogen-bond donors (Lipinski definition) is 1. The van der Waals surface area contributed by atoms with Gasteiger partial charge in [0.15, 0.2) is 0 Å². The van der Waals surface area contributed by atoms with Gasteiger partial charge in [0.25, 0.3) is 0 Å². The Morgan fingerprint density at radius 1 is 0.947 bits per heavy atom. The van der Waals surface area contributed by atoms with Crippen LogP contribution < -0.4 is 0 Å². The Labute approximate surface area is 111 Å². The van der Waals surface area contributed by atoms with Gasteiger partial charge in [0, 0.05) is 0 Å². The van der Waals surface area contributed by atoms with Crippen molar-refractivity contribution in [2.75, 3.05) is 0 Å². The first-order chi connectivity index (χ1) is 8.58. The van der Waals surface area contributed by atoms with Gasteiger partial charge in [-0.15, -0.1) is 0 Å². The first-order valence-electron chi connectivity index (χ1n) is 7.80. The zero-order valence-electron chi connectivity index (χ0n) is 12.6. The van der Waals surface area contributed by atoms with E-state index in [1.54, 1.807) is 0 Å². The van der Waals surface area contributed by atoms with Crippen LogP contribution >= 0.6 is 0 Å². The molecule has 2 rings (SSSR count). The van der Waals surface area contributed by atoms with Crippen LogP contribution in [0.4, 0.5) is 0 Å². The zero-order valence-corrected chi connectivity index (χ0v) is 19.0. The second-order valence-corrected chi connectivity index (χ2v) is 6.82. The van der Waals surface area contributed by atoms with E-state index in [9.17, 15) is 4.79 Å². The molecule has 1 N–H and O–H groups in total. The summed E-state index contributed by atoms with van der Waals surface area (Å²) < 4.78 is 0. The Balaban J connectivity index is 0.00000180. The summed E-state index contributed by atoms with van der Waals surface area (Å²) in [6.07, 6.45) is 10.5. The van der Waals surface area contributed by atoms with E-state index < -0.39 is 5.97 Å². The third-order valence-electron chi connectivity index (χ3n) is 5.64. The largest absolute Gasteiger partial charge is 0.481 e. The molecule has 0 aromatic carbocycles. The molecule has 0 spiro atoms. The summed E-state index contributed by atoms with van der Waals surface area (Å²) >= 11 is 0. The van der Waals surface area contributed by atoms with Gasteiger partial charge in [0.05, 0.1) is 5.92 Å². The summed E-state index contributed by atoms with van der Waals surface area (Å²) in [4.78, 5) is 11.0. The maximum atomic E-state index is 11.0. The average Bonchev–Trinajstić information content (AvgIpc) is 2.39. The monoisotopic (exact) mass is 519 g/mol. The molecule has 0 aromatic heterocycles. The van der Waals surface area contributed by atoms with Gasteiger partial charge in [-0.05, 0) is 62.2 Å². The van der Waals surface area contributed by atoms with E-state index in [1.807, 2.05) is 6.92 Å². The van der Waals surface area contributed by atoms with Gasteiger partial charge in [-0.2, -0.15) is 0 Å². The van der Waals surface area contributed by atoms with Crippen LogP contribution in [0.2, 0.25) is 0 Å². The number of carbonyl (C=O) groups is 1. The first-order valence-corrected chi connectivity index (χ1v) is 7.80. The molecule has 0 aliphatic heterocycles. The third kappa shape index (κ3) is 3.71. The third-order valence-corrected chi connectivity index (χ3v) is 5.64. The van der Waals surface area contributed by atoms with Crippen molar-refractivity contribution in [3.8, 4) is 0 Å². The van der Waals surface area contributed by atoms with E-state index in [2.05, 4.69) is 6.92 Å². The number of rotatable bonds is 3. The SMILES string of the molecule is CC1CCC(C2CCC(C(C)C(=O)O)CC2)CC1.[Rf]. The maximum absolute atomic E-state index is 11.0. The molecule has 0 amide bonds. The van der Waals surface area contributed by atoms with Crippen molar-refractivity contribution >= 4 is 5.97 Å². The summed E-state index contributed by atoms with van der Waals surface area (Å²) in [5, 5.41) is 9.08. The Hall–Kier alpha value is -1.53. The molecule has 2 saturated carbocycles. The van der Waals surface area contributed by atoms with Crippen LogP contribution in [0.5, 0.6) is 0 Å². The van der Waals surface area contributed by atoms with E-state index in [0.717, 1.165) is 30.6 Å². The normalized spacial score (nSPS) is 37.2. The van der Waals surface area contributed by atoms with Crippen molar-refractivity contribution in [3.63, 3.8) is 0 Å². The van der Waals surface area contributed by atoms with Gasteiger partial charge in [0.2, 0.25) is 0 Å². The summed E-state index contributed by atoms with van der Waals surface area (Å²) in [6, 6.07) is 0. The fourth-order valence-corrected chi connectivity index (χ4v) is 4.08. The topological polar surface area (TPSA) is 37.3 Å². The molecular weight excluding hydrogens is 491 g/mol. The van der Waals surface area contributed by atoms with Gasteiger partial charge in [-0.25, -0.2) is 0 Å². The molecule has 0 heterocycles. The van der Waals surface area contributed by atoms with Crippen LogP contribution in [0, 0.1) is 29.6 Å². The van der Waals surface area contributed by atoms with Crippen molar-refractivity contribution in [3.05, 3.63) is 0 Å². The van der Waals surface area contributed by atoms with Crippen LogP contribution in [0.25, 0.3) is 0 Å². The molecule has 2 aliphatic carbocycles. The van der Waals surface area contributed by atoms with Crippen LogP contribution in [-0.2, 0) is 4.79 Å². The number of hydrogen-bond acceptors (Lipinski definition) is 1. The average molecular weight is 519 g/mol. The molecule has 0 aromatic rings. The summed E-state index contributed by atoms with van der Waals surface area (Å²) in [6.45, 7) is 4.26. The number of carboxylic acids is 1. The quantitative estimate of drug-likeness (QED) is 0.603. The van der Waals surface area contributed by atoms with Gasteiger partial charge < -0.3 is 5.11 Å². The molecule has 2 nitrogen and oxygen atoms in total. The fraction of sp³-hybridized carbons (Fsp3) is 0.938. The van der Waals surface area contributed by atoms with E-state index in [0.29, 0.717) is 5.92 Å². The molecule has 1 atom stereocenters. The van der Waals surface area contributed by atoms with Gasteiger partial charge in [-0.1, -0.05) is 26.7 Å². The minimum atomic E-state index is -0.607. The molecule has 3 heteroatoms. The van der Waals surface area contributed by atoms with Gasteiger partial charge in [0.1, 0.15) is 0 Å². The Kier molecular flexibility index (Phi) is 5.38. The second kappa shape index (κ2) is 6.58. The van der Waals surface area contributed by atoms with Crippen LogP contribution in [-0.4, -0.2) is 11.1 Å². The number of carboxylic acid groups (broad SMARTS) is 1. The van der Waals surface area contributed by atoms with Crippen molar-refractivity contribution < 1.29 is 9.90 Å². The molecule has 106 valence electrons. The molecule has 0 saturated heterocycles. The summed E-state index contributed by atoms with van der Waals surface area (Å²) in [7, 11) is 0. The fourth-order valence-electron chi connectivity index (χ4n) is 4.08. The minimum Gasteiger partial charge on any atom is -0.481 e. The predicted octanol–water partition coefficient (Wildman–Crippen LogP) is 4.34. The van der Waals surface area contributed by atoms with Crippen molar-refractivity contribution in [2.24, 2.45) is 29.6 Å². The minimum absolute atomic E-state index is 0. The standard InChI is InChI=1S/C16H28O2.Rf/c1-11-3-5-14(6-4-11)15-9-7-13(8-10-15)12(2)16(17)18;/h11-15H,3-10H2,1-2H3,(H,17,18);. The van der Waals surface area contributed by atoms with Crippen molar-refractivity contribution in [1.29, 1.82) is 0 Å². The second-order valence-electron chi connectivity index (χ2n) is 6.82. The molecule has 0 radical (unpaired) electrons. The van der Waals surface area contributed by atoms with Crippen molar-refractivity contribution in [2.45, 2.75) is 65.2 Å². The number of aliphatic carboxylic acids is 1. The molecule has 0 bridgehead atoms. The maximum Gasteiger partial charge on any atom is 0.306 e. The Morgan fingerprint density at radius 3 is 1.79 bits per heavy atom. The summed E-state index contributed by atoms with van der Waals surface area (Å²) in [5.41, 5.74) is 0. The molecule has 2 aliphatic rings. The Morgan fingerprint density at radius 2 is 1.37 bits per heavy atom. The molecular formula is C16H28O2Rf. The van der Waals surface area contributed by atoms with Gasteiger partial charge >= 0.3 is 5.97 Å². The van der Waals surface area contributed by atoms with E-state index in [-0.39, 0.29) is 5.92 Å². The van der Waals surface area contributed by atoms with E-state index in [4.69, 9.17) is 5.11 Å². The Bertz CT molecular complexity index is 276. The van der Waals surface area contributed by atoms with E-state index >= 15 is 0 Å². The van der Waals surface area contributed by atoms with Crippen LogP contribution in [0.3, 0.4) is 0 Å². The van der Waals surface area contributed by atoms with Crippen LogP contribution in [0.15, 0.2) is 0 Å². The summed E-state index contributed by atoms with van der Waals surface area (Å²) in [5.74, 6) is 2.46. The van der Waals surface area contributed by atoms with Gasteiger partial charge in [-0.3, -0.25) is 4.79 Å².